The van der Waals surface area contributed by atoms with Crippen LogP contribution < -0.4 is 11.1 Å². The van der Waals surface area contributed by atoms with Crippen LogP contribution in [0.3, 0.4) is 0 Å². The Balaban J connectivity index is 1.71. The number of nitrogens with two attached hydrogens (primary N) is 1. The van der Waals surface area contributed by atoms with Crippen molar-refractivity contribution in [3.63, 3.8) is 0 Å². The van der Waals surface area contributed by atoms with Gasteiger partial charge in [0.1, 0.15) is 5.82 Å². The summed E-state index contributed by atoms with van der Waals surface area (Å²) in [5.74, 6) is 0.575. The Bertz CT molecular complexity index is 347. The van der Waals surface area contributed by atoms with Crippen molar-refractivity contribution in [3.05, 3.63) is 18.3 Å². The molecule has 1 aliphatic rings. The van der Waals surface area contributed by atoms with Crippen LogP contribution in [0.4, 0.5) is 11.5 Å². The number of piperazine rings is 1. The molecule has 3 N–H and O–H groups in total. The van der Waals surface area contributed by atoms with E-state index >= 15 is 0 Å². The summed E-state index contributed by atoms with van der Waals surface area (Å²) in [7, 11) is 2.17. The zero-order valence-electron chi connectivity index (χ0n) is 10.4. The molecule has 1 fully saturated rings. The molecule has 0 amide bonds. The van der Waals surface area contributed by atoms with E-state index < -0.39 is 0 Å². The van der Waals surface area contributed by atoms with Gasteiger partial charge in [0.25, 0.3) is 0 Å². The van der Waals surface area contributed by atoms with Gasteiger partial charge in [-0.2, -0.15) is 0 Å². The summed E-state index contributed by atoms with van der Waals surface area (Å²) < 4.78 is 0. The summed E-state index contributed by atoms with van der Waals surface area (Å²) in [4.78, 5) is 8.89. The van der Waals surface area contributed by atoms with Gasteiger partial charge in [-0.25, -0.2) is 4.98 Å². The van der Waals surface area contributed by atoms with Gasteiger partial charge in [0.15, 0.2) is 0 Å². The molecule has 2 heterocycles. The van der Waals surface area contributed by atoms with Crippen LogP contribution in [-0.4, -0.2) is 61.1 Å². The first-order valence-electron chi connectivity index (χ1n) is 6.11. The number of nitrogen functional groups attached to an aromatic ring is 1. The highest BCUT2D eigenvalue weighted by Gasteiger charge is 2.12. The fourth-order valence-electron chi connectivity index (χ4n) is 1.99. The first-order valence-corrected chi connectivity index (χ1v) is 6.11. The molecule has 5 heteroatoms. The van der Waals surface area contributed by atoms with Crippen LogP contribution in [0.25, 0.3) is 0 Å². The van der Waals surface area contributed by atoms with Crippen LogP contribution >= 0.6 is 0 Å². The van der Waals surface area contributed by atoms with E-state index in [0.29, 0.717) is 5.82 Å². The molecule has 2 rings (SSSR count). The van der Waals surface area contributed by atoms with Crippen molar-refractivity contribution in [1.29, 1.82) is 0 Å². The molecule has 0 aromatic carbocycles. The van der Waals surface area contributed by atoms with Gasteiger partial charge < -0.3 is 16.0 Å². The van der Waals surface area contributed by atoms with Crippen LogP contribution in [0.1, 0.15) is 0 Å². The molecule has 94 valence electrons. The van der Waals surface area contributed by atoms with Crippen molar-refractivity contribution in [2.45, 2.75) is 0 Å². The van der Waals surface area contributed by atoms with Crippen LogP contribution in [0.5, 0.6) is 0 Å². The van der Waals surface area contributed by atoms with Crippen molar-refractivity contribution in [1.82, 2.24) is 14.8 Å². The van der Waals surface area contributed by atoms with E-state index in [2.05, 4.69) is 27.1 Å². The number of nitrogens with one attached hydrogen (secondary N) is 1. The quantitative estimate of drug-likeness (QED) is 0.787. The lowest BCUT2D eigenvalue weighted by atomic mass is 10.3. The highest BCUT2D eigenvalue weighted by atomic mass is 15.2. The van der Waals surface area contributed by atoms with Gasteiger partial charge in [0.05, 0.1) is 5.69 Å². The van der Waals surface area contributed by atoms with Gasteiger partial charge in [0.2, 0.25) is 0 Å². The fourth-order valence-corrected chi connectivity index (χ4v) is 1.99. The predicted molar refractivity (Wildman–Crippen MR) is 71.1 cm³/mol. The standard InChI is InChI=1S/C12H21N5/c1-16-7-9-17(10-8-16)6-5-14-11-3-2-4-15-12(11)13/h2-4,14H,5-10H2,1H3,(H2,13,15). The third kappa shape index (κ3) is 3.57. The van der Waals surface area contributed by atoms with E-state index in [-0.39, 0.29) is 0 Å². The minimum absolute atomic E-state index is 0.575. The van der Waals surface area contributed by atoms with Crippen LogP contribution in [0.2, 0.25) is 0 Å². The molecule has 0 atom stereocenters. The van der Waals surface area contributed by atoms with Crippen molar-refractivity contribution in [2.75, 3.05) is 57.4 Å². The van der Waals surface area contributed by atoms with Gasteiger partial charge in [-0.15, -0.1) is 0 Å². The SMILES string of the molecule is CN1CCN(CCNc2cccnc2N)CC1. The van der Waals surface area contributed by atoms with Crippen LogP contribution in [0, 0.1) is 0 Å². The minimum Gasteiger partial charge on any atom is -0.382 e. The van der Waals surface area contributed by atoms with E-state index in [9.17, 15) is 0 Å². The number of nitrogens with zero attached hydrogens (tertiary/aromatic N) is 3. The molecule has 17 heavy (non-hydrogen) atoms. The van der Waals surface area contributed by atoms with Gasteiger partial charge in [-0.1, -0.05) is 0 Å². The summed E-state index contributed by atoms with van der Waals surface area (Å²) in [5.41, 5.74) is 6.70. The lowest BCUT2D eigenvalue weighted by Crippen LogP contribution is -2.45. The molecule has 0 saturated carbocycles. The largest absolute Gasteiger partial charge is 0.382 e. The second kappa shape index (κ2) is 5.84. The molecule has 1 aliphatic heterocycles. The lowest BCUT2D eigenvalue weighted by Gasteiger charge is -2.32. The summed E-state index contributed by atoms with van der Waals surface area (Å²) in [6.07, 6.45) is 1.71. The Labute approximate surface area is 103 Å². The number of anilines is 2. The molecule has 0 radical (unpaired) electrons. The highest BCUT2D eigenvalue weighted by molar-refractivity contribution is 5.60. The number of hydrogen-bond donors (Lipinski definition) is 2. The maximum absolute atomic E-state index is 5.76. The zero-order chi connectivity index (χ0) is 12.1. The number of hydrogen-bond acceptors (Lipinski definition) is 5. The second-order valence-electron chi connectivity index (χ2n) is 4.51. The lowest BCUT2D eigenvalue weighted by molar-refractivity contribution is 0.158. The molecule has 0 unspecified atom stereocenters. The Kier molecular flexibility index (Phi) is 4.17. The van der Waals surface area contributed by atoms with Gasteiger partial charge >= 0.3 is 0 Å². The number of rotatable bonds is 4. The van der Waals surface area contributed by atoms with Gasteiger partial charge in [0, 0.05) is 45.5 Å². The Morgan fingerprint density at radius 2 is 2.12 bits per heavy atom. The number of pyridine rings is 1. The first-order chi connectivity index (χ1) is 8.25. The minimum atomic E-state index is 0.575. The molecular formula is C12H21N5. The van der Waals surface area contributed by atoms with Crippen molar-refractivity contribution < 1.29 is 0 Å². The summed E-state index contributed by atoms with van der Waals surface area (Å²) in [6.45, 7) is 6.60. The average Bonchev–Trinajstić information content (AvgIpc) is 2.34. The van der Waals surface area contributed by atoms with Gasteiger partial charge in [-0.05, 0) is 19.2 Å². The third-order valence-corrected chi connectivity index (χ3v) is 3.18. The molecule has 0 bridgehead atoms. The van der Waals surface area contributed by atoms with E-state index in [1.807, 2.05) is 12.1 Å². The molecule has 1 aromatic heterocycles. The normalized spacial score (nSPS) is 18.2. The number of aromatic nitrogens is 1. The zero-order valence-corrected chi connectivity index (χ0v) is 10.4. The molecule has 0 spiro atoms. The van der Waals surface area contributed by atoms with Crippen LogP contribution in [0.15, 0.2) is 18.3 Å². The Morgan fingerprint density at radius 3 is 2.82 bits per heavy atom. The molecule has 0 aliphatic carbocycles. The Morgan fingerprint density at radius 1 is 1.35 bits per heavy atom. The molecule has 5 nitrogen and oxygen atoms in total. The first kappa shape index (κ1) is 12.1. The van der Waals surface area contributed by atoms with E-state index in [1.54, 1.807) is 6.20 Å². The van der Waals surface area contributed by atoms with Crippen molar-refractivity contribution in [2.24, 2.45) is 0 Å². The molecular weight excluding hydrogens is 214 g/mol. The molecule has 1 saturated heterocycles. The fraction of sp³-hybridized carbons (Fsp3) is 0.583. The van der Waals surface area contributed by atoms with E-state index in [1.165, 1.54) is 0 Å². The maximum atomic E-state index is 5.76. The van der Waals surface area contributed by atoms with E-state index in [0.717, 1.165) is 45.0 Å². The highest BCUT2D eigenvalue weighted by Crippen LogP contribution is 2.12. The third-order valence-electron chi connectivity index (χ3n) is 3.18. The average molecular weight is 235 g/mol. The summed E-state index contributed by atoms with van der Waals surface area (Å²) >= 11 is 0. The summed E-state index contributed by atoms with van der Waals surface area (Å²) in [5, 5.41) is 3.33. The monoisotopic (exact) mass is 235 g/mol. The predicted octanol–water partition coefficient (Wildman–Crippen LogP) is 0.323. The van der Waals surface area contributed by atoms with Crippen molar-refractivity contribution >= 4 is 11.5 Å². The van der Waals surface area contributed by atoms with Gasteiger partial charge in [-0.3, -0.25) is 4.90 Å². The molecule has 1 aromatic rings. The van der Waals surface area contributed by atoms with E-state index in [4.69, 9.17) is 5.73 Å². The maximum Gasteiger partial charge on any atom is 0.146 e. The topological polar surface area (TPSA) is 57.4 Å². The smallest absolute Gasteiger partial charge is 0.146 e. The second-order valence-corrected chi connectivity index (χ2v) is 4.51. The number of likely N-dealkylation sites (N-methyl/N-ethyl adjacent to an activating group) is 1. The summed E-state index contributed by atoms with van der Waals surface area (Å²) in [6, 6.07) is 3.86. The van der Waals surface area contributed by atoms with Crippen molar-refractivity contribution in [3.8, 4) is 0 Å². The van der Waals surface area contributed by atoms with Crippen LogP contribution in [-0.2, 0) is 0 Å². The Hall–Kier alpha value is -1.33.